The number of rotatable bonds is 1. The second-order valence-electron chi connectivity index (χ2n) is 4.03. The van der Waals surface area contributed by atoms with Crippen molar-refractivity contribution in [2.24, 2.45) is 0 Å². The highest BCUT2D eigenvalue weighted by molar-refractivity contribution is 5.90. The first-order valence-corrected chi connectivity index (χ1v) is 5.59. The molecule has 0 saturated heterocycles. The minimum Gasteiger partial charge on any atom is -0.478 e. The second kappa shape index (κ2) is 4.84. The highest BCUT2D eigenvalue weighted by atomic mass is 16.4. The summed E-state index contributed by atoms with van der Waals surface area (Å²) >= 11 is 0. The standard InChI is InChI=1S/C14H13NO2/c1-10-6-8-12(14(16)17)13(15-10)9-7-11-4-2-3-5-11/h4,6,8H,2-3,5H2,1H3,(H,16,17). The van der Waals surface area contributed by atoms with Crippen LogP contribution >= 0.6 is 0 Å². The van der Waals surface area contributed by atoms with Crippen LogP contribution in [-0.2, 0) is 0 Å². The van der Waals surface area contributed by atoms with Crippen molar-refractivity contribution in [3.05, 3.63) is 40.7 Å². The number of aromatic nitrogens is 1. The molecule has 1 aromatic heterocycles. The average Bonchev–Trinajstić information content (AvgIpc) is 2.78. The molecule has 0 atom stereocenters. The minimum absolute atomic E-state index is 0.168. The van der Waals surface area contributed by atoms with Gasteiger partial charge < -0.3 is 5.11 Å². The van der Waals surface area contributed by atoms with E-state index in [-0.39, 0.29) is 5.56 Å². The largest absolute Gasteiger partial charge is 0.478 e. The second-order valence-corrected chi connectivity index (χ2v) is 4.03. The molecule has 1 N–H and O–H groups in total. The number of carbonyl (C=O) groups is 1. The van der Waals surface area contributed by atoms with Crippen molar-refractivity contribution in [2.45, 2.75) is 26.2 Å². The van der Waals surface area contributed by atoms with Crippen LogP contribution < -0.4 is 0 Å². The van der Waals surface area contributed by atoms with Gasteiger partial charge >= 0.3 is 5.97 Å². The van der Waals surface area contributed by atoms with Crippen LogP contribution in [0.1, 0.15) is 41.0 Å². The Kier molecular flexibility index (Phi) is 3.24. The lowest BCUT2D eigenvalue weighted by atomic mass is 10.1. The molecule has 0 radical (unpaired) electrons. The number of aromatic carboxylic acids is 1. The molecule has 3 heteroatoms. The van der Waals surface area contributed by atoms with E-state index in [2.05, 4.69) is 22.9 Å². The third-order valence-corrected chi connectivity index (χ3v) is 2.65. The van der Waals surface area contributed by atoms with Gasteiger partial charge in [-0.25, -0.2) is 9.78 Å². The van der Waals surface area contributed by atoms with Gasteiger partial charge in [0.15, 0.2) is 0 Å². The molecule has 0 bridgehead atoms. The van der Waals surface area contributed by atoms with Gasteiger partial charge in [-0.05, 0) is 49.8 Å². The van der Waals surface area contributed by atoms with Crippen molar-refractivity contribution < 1.29 is 9.90 Å². The van der Waals surface area contributed by atoms with E-state index in [1.54, 1.807) is 12.1 Å². The fourth-order valence-electron chi connectivity index (χ4n) is 1.75. The van der Waals surface area contributed by atoms with Gasteiger partial charge in [-0.15, -0.1) is 0 Å². The molecule has 2 rings (SSSR count). The molecule has 0 aromatic carbocycles. The first-order chi connectivity index (χ1) is 8.16. The van der Waals surface area contributed by atoms with Crippen molar-refractivity contribution in [3.8, 4) is 11.8 Å². The van der Waals surface area contributed by atoms with Crippen molar-refractivity contribution in [1.29, 1.82) is 0 Å². The van der Waals surface area contributed by atoms with Gasteiger partial charge in [0.25, 0.3) is 0 Å². The molecule has 1 aliphatic rings. The summed E-state index contributed by atoms with van der Waals surface area (Å²) in [5, 5.41) is 9.03. The Labute approximate surface area is 100 Å². The predicted octanol–water partition coefficient (Wildman–Crippen LogP) is 2.55. The Morgan fingerprint density at radius 1 is 1.41 bits per heavy atom. The normalized spacial score (nSPS) is 13.8. The van der Waals surface area contributed by atoms with E-state index in [9.17, 15) is 4.79 Å². The Balaban J connectivity index is 2.36. The minimum atomic E-state index is -0.984. The zero-order valence-electron chi connectivity index (χ0n) is 9.66. The SMILES string of the molecule is Cc1ccc(C(=O)O)c(C#CC2=CCCC2)n1. The molecule has 1 heterocycles. The molecular formula is C14H13NO2. The number of hydrogen-bond donors (Lipinski definition) is 1. The molecule has 1 aliphatic carbocycles. The van der Waals surface area contributed by atoms with Gasteiger partial charge in [-0.2, -0.15) is 0 Å². The van der Waals surface area contributed by atoms with Gasteiger partial charge in [-0.1, -0.05) is 12.0 Å². The number of aryl methyl sites for hydroxylation is 1. The van der Waals surface area contributed by atoms with Crippen LogP contribution in [0.15, 0.2) is 23.8 Å². The highest BCUT2D eigenvalue weighted by Crippen LogP contribution is 2.16. The van der Waals surface area contributed by atoms with Gasteiger partial charge in [0.1, 0.15) is 5.69 Å². The molecule has 0 unspecified atom stereocenters. The van der Waals surface area contributed by atoms with Crippen LogP contribution in [0.5, 0.6) is 0 Å². The van der Waals surface area contributed by atoms with Crippen LogP contribution in [0.25, 0.3) is 0 Å². The maximum Gasteiger partial charge on any atom is 0.338 e. The lowest BCUT2D eigenvalue weighted by molar-refractivity contribution is 0.0696. The topological polar surface area (TPSA) is 50.2 Å². The first kappa shape index (κ1) is 11.4. The predicted molar refractivity (Wildman–Crippen MR) is 64.7 cm³/mol. The molecule has 0 spiro atoms. The van der Waals surface area contributed by atoms with E-state index in [1.807, 2.05) is 6.92 Å². The van der Waals surface area contributed by atoms with E-state index in [1.165, 1.54) is 0 Å². The molecule has 0 fully saturated rings. The van der Waals surface area contributed by atoms with E-state index >= 15 is 0 Å². The average molecular weight is 227 g/mol. The van der Waals surface area contributed by atoms with Crippen LogP contribution in [-0.4, -0.2) is 16.1 Å². The number of nitrogens with zero attached hydrogens (tertiary/aromatic N) is 1. The molecule has 86 valence electrons. The fourth-order valence-corrected chi connectivity index (χ4v) is 1.75. The van der Waals surface area contributed by atoms with Crippen LogP contribution in [0.4, 0.5) is 0 Å². The molecule has 17 heavy (non-hydrogen) atoms. The third-order valence-electron chi connectivity index (χ3n) is 2.65. The lowest BCUT2D eigenvalue weighted by Gasteiger charge is -1.99. The Bertz CT molecular complexity index is 547. The number of carboxylic acids is 1. The summed E-state index contributed by atoms with van der Waals surface area (Å²) in [7, 11) is 0. The van der Waals surface area contributed by atoms with Crippen molar-refractivity contribution in [2.75, 3.05) is 0 Å². The zero-order chi connectivity index (χ0) is 12.3. The van der Waals surface area contributed by atoms with Crippen molar-refractivity contribution >= 4 is 5.97 Å². The quantitative estimate of drug-likeness (QED) is 0.750. The smallest absolute Gasteiger partial charge is 0.338 e. The molecule has 0 aliphatic heterocycles. The number of hydrogen-bond acceptors (Lipinski definition) is 2. The molecule has 0 saturated carbocycles. The number of allylic oxidation sites excluding steroid dienone is 2. The first-order valence-electron chi connectivity index (χ1n) is 5.59. The third kappa shape index (κ3) is 2.73. The lowest BCUT2D eigenvalue weighted by Crippen LogP contribution is -2.03. The van der Waals surface area contributed by atoms with Gasteiger partial charge in [-0.3, -0.25) is 0 Å². The Morgan fingerprint density at radius 2 is 2.24 bits per heavy atom. The van der Waals surface area contributed by atoms with E-state index in [0.29, 0.717) is 5.69 Å². The van der Waals surface area contributed by atoms with Crippen molar-refractivity contribution in [3.63, 3.8) is 0 Å². The highest BCUT2D eigenvalue weighted by Gasteiger charge is 2.09. The summed E-state index contributed by atoms with van der Waals surface area (Å²) < 4.78 is 0. The summed E-state index contributed by atoms with van der Waals surface area (Å²) in [5.74, 6) is 4.89. The van der Waals surface area contributed by atoms with Gasteiger partial charge in [0, 0.05) is 5.69 Å². The maximum atomic E-state index is 11.0. The molecule has 0 amide bonds. The Hall–Kier alpha value is -2.08. The summed E-state index contributed by atoms with van der Waals surface area (Å²) in [6, 6.07) is 3.24. The summed E-state index contributed by atoms with van der Waals surface area (Å²) in [6.45, 7) is 1.83. The van der Waals surface area contributed by atoms with E-state index in [4.69, 9.17) is 5.11 Å². The molecule has 1 aromatic rings. The fraction of sp³-hybridized carbons (Fsp3) is 0.286. The van der Waals surface area contributed by atoms with E-state index < -0.39 is 5.97 Å². The van der Waals surface area contributed by atoms with Gasteiger partial charge in [0.2, 0.25) is 0 Å². The zero-order valence-corrected chi connectivity index (χ0v) is 9.66. The van der Waals surface area contributed by atoms with Crippen LogP contribution in [0.2, 0.25) is 0 Å². The molecular weight excluding hydrogens is 214 g/mol. The number of pyridine rings is 1. The number of carboxylic acid groups (broad SMARTS) is 1. The summed E-state index contributed by atoms with van der Waals surface area (Å²) in [6.07, 6.45) is 5.29. The summed E-state index contributed by atoms with van der Waals surface area (Å²) in [5.41, 5.74) is 2.39. The maximum absolute atomic E-state index is 11.0. The van der Waals surface area contributed by atoms with Crippen LogP contribution in [0.3, 0.4) is 0 Å². The van der Waals surface area contributed by atoms with Gasteiger partial charge in [0.05, 0.1) is 5.56 Å². The Morgan fingerprint density at radius 3 is 2.88 bits per heavy atom. The molecule has 3 nitrogen and oxygen atoms in total. The monoisotopic (exact) mass is 227 g/mol. The van der Waals surface area contributed by atoms with Crippen LogP contribution in [0, 0.1) is 18.8 Å². The summed E-state index contributed by atoms with van der Waals surface area (Å²) in [4.78, 5) is 15.2. The van der Waals surface area contributed by atoms with E-state index in [0.717, 1.165) is 30.5 Å². The van der Waals surface area contributed by atoms with Crippen molar-refractivity contribution in [1.82, 2.24) is 4.98 Å².